The lowest BCUT2D eigenvalue weighted by atomic mass is 10.1. The molecule has 1 amide bonds. The van der Waals surface area contributed by atoms with E-state index in [0.29, 0.717) is 12.1 Å². The molecule has 0 aliphatic rings. The van der Waals surface area contributed by atoms with Gasteiger partial charge in [-0.15, -0.1) is 22.8 Å². The first-order chi connectivity index (χ1) is 9.88. The number of thiol groups is 1. The molecule has 0 spiro atoms. The van der Waals surface area contributed by atoms with Crippen molar-refractivity contribution in [2.24, 2.45) is 0 Å². The summed E-state index contributed by atoms with van der Waals surface area (Å²) in [6.07, 6.45) is 1.45. The molecule has 0 unspecified atom stereocenters. The second-order valence-electron chi connectivity index (χ2n) is 4.19. The number of halogens is 3. The molecule has 1 N–H and O–H groups in total. The first-order valence-electron chi connectivity index (χ1n) is 5.93. The predicted octanol–water partition coefficient (Wildman–Crippen LogP) is 3.59. The number of anilines is 1. The normalized spacial score (nSPS) is 10.8. The summed E-state index contributed by atoms with van der Waals surface area (Å²) >= 11 is 15.9. The molecule has 112 valence electrons. The zero-order valence-corrected chi connectivity index (χ0v) is 13.5. The van der Waals surface area contributed by atoms with E-state index in [-0.39, 0.29) is 26.5 Å². The van der Waals surface area contributed by atoms with E-state index in [9.17, 15) is 9.18 Å². The molecule has 0 aliphatic heterocycles. The maximum Gasteiger partial charge on any atom is 0.262 e. The predicted molar refractivity (Wildman–Crippen MR) is 82.1 cm³/mol. The highest BCUT2D eigenvalue weighted by Crippen LogP contribution is 2.36. The quantitative estimate of drug-likeness (QED) is 0.833. The highest BCUT2D eigenvalue weighted by molar-refractivity contribution is 7.80. The van der Waals surface area contributed by atoms with Crippen molar-refractivity contribution in [3.05, 3.63) is 33.3 Å². The van der Waals surface area contributed by atoms with E-state index in [2.05, 4.69) is 28.1 Å². The molecule has 1 heterocycles. The summed E-state index contributed by atoms with van der Waals surface area (Å²) in [4.78, 5) is 12.1. The summed E-state index contributed by atoms with van der Waals surface area (Å²) in [5.74, 6) is -1.42. The number of amides is 1. The summed E-state index contributed by atoms with van der Waals surface area (Å²) < 4.78 is 15.8. The van der Waals surface area contributed by atoms with Gasteiger partial charge in [0, 0.05) is 6.54 Å². The summed E-state index contributed by atoms with van der Waals surface area (Å²) in [5.41, 5.74) is 0.0565. The summed E-state index contributed by atoms with van der Waals surface area (Å²) in [7, 11) is 0. The lowest BCUT2D eigenvalue weighted by Crippen LogP contribution is -2.18. The van der Waals surface area contributed by atoms with Crippen LogP contribution in [-0.2, 0) is 6.54 Å². The zero-order valence-electron chi connectivity index (χ0n) is 11.1. The van der Waals surface area contributed by atoms with Gasteiger partial charge in [-0.3, -0.25) is 14.7 Å². The fourth-order valence-corrected chi connectivity index (χ4v) is 2.49. The fraction of sp³-hybridized carbons (Fsp3) is 0.250. The minimum absolute atomic E-state index is 0.0598. The number of hydrogen-bond acceptors (Lipinski definition) is 4. The van der Waals surface area contributed by atoms with Crippen LogP contribution in [0.3, 0.4) is 0 Å². The van der Waals surface area contributed by atoms with Gasteiger partial charge >= 0.3 is 0 Å². The summed E-state index contributed by atoms with van der Waals surface area (Å²) in [6.45, 7) is 3.98. The van der Waals surface area contributed by atoms with Crippen LogP contribution in [-0.4, -0.2) is 20.7 Å². The van der Waals surface area contributed by atoms with E-state index < -0.39 is 11.7 Å². The van der Waals surface area contributed by atoms with Crippen molar-refractivity contribution < 1.29 is 9.18 Å². The molecule has 2 rings (SSSR count). The number of hydrogen-bond donors (Lipinski definition) is 2. The maximum absolute atomic E-state index is 14.2. The Kier molecular flexibility index (Phi) is 4.75. The van der Waals surface area contributed by atoms with Crippen molar-refractivity contribution in [2.45, 2.75) is 25.3 Å². The Balaban J connectivity index is 2.45. The van der Waals surface area contributed by atoms with E-state index in [1.807, 2.05) is 6.92 Å². The van der Waals surface area contributed by atoms with E-state index in [1.165, 1.54) is 6.33 Å². The van der Waals surface area contributed by atoms with Gasteiger partial charge in [-0.25, -0.2) is 4.39 Å². The molecule has 0 saturated carbocycles. The van der Waals surface area contributed by atoms with Gasteiger partial charge in [0.2, 0.25) is 5.95 Å². The van der Waals surface area contributed by atoms with Crippen LogP contribution >= 0.6 is 35.8 Å². The van der Waals surface area contributed by atoms with E-state index in [1.54, 1.807) is 11.5 Å². The molecule has 0 saturated heterocycles. The average molecular weight is 349 g/mol. The fourth-order valence-electron chi connectivity index (χ4n) is 1.72. The van der Waals surface area contributed by atoms with Gasteiger partial charge in [-0.2, -0.15) is 0 Å². The van der Waals surface area contributed by atoms with Crippen molar-refractivity contribution in [3.8, 4) is 0 Å². The Morgan fingerprint density at radius 2 is 2.14 bits per heavy atom. The maximum atomic E-state index is 14.2. The topological polar surface area (TPSA) is 59.8 Å². The van der Waals surface area contributed by atoms with Gasteiger partial charge in [-0.1, -0.05) is 23.2 Å². The second kappa shape index (κ2) is 6.21. The first-order valence-corrected chi connectivity index (χ1v) is 7.13. The van der Waals surface area contributed by atoms with Gasteiger partial charge in [0.1, 0.15) is 6.33 Å². The second-order valence-corrected chi connectivity index (χ2v) is 5.39. The number of benzene rings is 1. The zero-order chi connectivity index (χ0) is 15.7. The molecule has 5 nitrogen and oxygen atoms in total. The number of carbonyl (C=O) groups excluding carboxylic acids is 1. The van der Waals surface area contributed by atoms with E-state index in [4.69, 9.17) is 23.2 Å². The van der Waals surface area contributed by atoms with Crippen LogP contribution in [0, 0.1) is 12.7 Å². The number of carbonyl (C=O) groups is 1. The number of nitrogens with zero attached hydrogens (tertiary/aromatic N) is 3. The Bertz CT molecular complexity index is 691. The van der Waals surface area contributed by atoms with Crippen molar-refractivity contribution in [3.63, 3.8) is 0 Å². The van der Waals surface area contributed by atoms with Gasteiger partial charge in [0.05, 0.1) is 20.5 Å². The van der Waals surface area contributed by atoms with Crippen LogP contribution in [0.4, 0.5) is 10.3 Å². The highest BCUT2D eigenvalue weighted by Gasteiger charge is 2.24. The molecule has 0 radical (unpaired) electrons. The van der Waals surface area contributed by atoms with Crippen LogP contribution in [0.25, 0.3) is 0 Å². The lowest BCUT2D eigenvalue weighted by molar-refractivity contribution is 0.102. The number of aromatic nitrogens is 3. The van der Waals surface area contributed by atoms with Crippen molar-refractivity contribution in [1.82, 2.24) is 14.8 Å². The minimum atomic E-state index is -0.876. The molecular formula is C12H11Cl2FN4OS. The molecule has 0 aliphatic carbocycles. The van der Waals surface area contributed by atoms with Crippen LogP contribution in [0.15, 0.2) is 11.2 Å². The van der Waals surface area contributed by atoms with Crippen molar-refractivity contribution >= 4 is 47.7 Å². The third-order valence-corrected chi connectivity index (χ3v) is 4.42. The molecule has 0 atom stereocenters. The first kappa shape index (κ1) is 16.1. The lowest BCUT2D eigenvalue weighted by Gasteiger charge is -2.13. The van der Waals surface area contributed by atoms with E-state index >= 15 is 0 Å². The molecule has 1 aromatic heterocycles. The minimum Gasteiger partial charge on any atom is -0.300 e. The largest absolute Gasteiger partial charge is 0.300 e. The van der Waals surface area contributed by atoms with Gasteiger partial charge in [0.25, 0.3) is 5.91 Å². The van der Waals surface area contributed by atoms with Crippen molar-refractivity contribution in [1.29, 1.82) is 0 Å². The van der Waals surface area contributed by atoms with Gasteiger partial charge < -0.3 is 0 Å². The monoisotopic (exact) mass is 348 g/mol. The van der Waals surface area contributed by atoms with Crippen molar-refractivity contribution in [2.75, 3.05) is 5.32 Å². The van der Waals surface area contributed by atoms with E-state index in [0.717, 1.165) is 0 Å². The van der Waals surface area contributed by atoms with Crippen LogP contribution < -0.4 is 5.32 Å². The molecule has 21 heavy (non-hydrogen) atoms. The average Bonchev–Trinajstić information content (AvgIpc) is 2.90. The Morgan fingerprint density at radius 3 is 2.76 bits per heavy atom. The third-order valence-electron chi connectivity index (χ3n) is 2.92. The third kappa shape index (κ3) is 2.86. The Labute approximate surface area is 135 Å². The number of aryl methyl sites for hydroxylation is 1. The Morgan fingerprint density at radius 1 is 1.48 bits per heavy atom. The van der Waals surface area contributed by atoms with Crippen LogP contribution in [0.5, 0.6) is 0 Å². The van der Waals surface area contributed by atoms with Gasteiger partial charge in [-0.05, 0) is 19.4 Å². The van der Waals surface area contributed by atoms with Crippen LogP contribution in [0.2, 0.25) is 10.0 Å². The molecular weight excluding hydrogens is 338 g/mol. The summed E-state index contributed by atoms with van der Waals surface area (Å²) in [6, 6.07) is 0. The Hall–Kier alpha value is -1.31. The number of rotatable bonds is 3. The molecule has 9 heteroatoms. The number of nitrogens with one attached hydrogen (secondary N) is 1. The van der Waals surface area contributed by atoms with Gasteiger partial charge in [0.15, 0.2) is 5.82 Å². The standard InChI is InChI=1S/C12H11Cl2FN4OS/c1-3-19-4-16-18-12(19)17-11(20)6-7(13)5(2)8(14)10(21)9(6)15/h4,21H,3H2,1-2H3,(H,17,18,20). The SMILES string of the molecule is CCn1cnnc1NC(=O)c1c(F)c(S)c(Cl)c(C)c1Cl. The summed E-state index contributed by atoms with van der Waals surface area (Å²) in [5, 5.41) is 9.89. The molecule has 1 aromatic carbocycles. The smallest absolute Gasteiger partial charge is 0.262 e. The highest BCUT2D eigenvalue weighted by atomic mass is 35.5. The molecule has 0 fully saturated rings. The van der Waals surface area contributed by atoms with Crippen LogP contribution in [0.1, 0.15) is 22.8 Å². The molecule has 0 bridgehead atoms. The molecule has 2 aromatic rings.